The van der Waals surface area contributed by atoms with Gasteiger partial charge in [-0.2, -0.15) is 0 Å². The largest absolute Gasteiger partial charge is 0.346 e. The van der Waals surface area contributed by atoms with Gasteiger partial charge in [-0.15, -0.1) is 0 Å². The Morgan fingerprint density at radius 2 is 1.82 bits per heavy atom. The molecule has 0 bridgehead atoms. The fraction of sp³-hybridized carbons (Fsp3) is 0.550. The summed E-state index contributed by atoms with van der Waals surface area (Å²) in [4.78, 5) is 23.7. The normalized spacial score (nSPS) is 15.7. The Bertz CT molecular complexity index is 890. The standard InChI is InChI=1S/C20H30N6OS/c1-20(2,3)17-22-15-8-7-14(13-16(15)26(17)19(27)23(4)5)21-18(28)25-11-9-24(6)10-12-25/h7-8,13H,9-12H2,1-6H3,(H,21,28). The van der Waals surface area contributed by atoms with Crippen LogP contribution in [0.5, 0.6) is 0 Å². The summed E-state index contributed by atoms with van der Waals surface area (Å²) in [5.41, 5.74) is 2.20. The Kier molecular flexibility index (Phi) is 5.63. The number of carbonyl (C=O) groups is 1. The molecule has 152 valence electrons. The summed E-state index contributed by atoms with van der Waals surface area (Å²) >= 11 is 5.61. The van der Waals surface area contributed by atoms with E-state index >= 15 is 0 Å². The number of carbonyl (C=O) groups excluding carboxylic acids is 1. The van der Waals surface area contributed by atoms with E-state index in [1.165, 1.54) is 0 Å². The molecule has 1 saturated heterocycles. The van der Waals surface area contributed by atoms with Crippen LogP contribution in [0.3, 0.4) is 0 Å². The number of nitrogens with one attached hydrogen (secondary N) is 1. The van der Waals surface area contributed by atoms with Crippen LogP contribution >= 0.6 is 12.2 Å². The number of piperazine rings is 1. The second-order valence-corrected chi connectivity index (χ2v) is 9.01. The van der Waals surface area contributed by atoms with Gasteiger partial charge in [-0.1, -0.05) is 20.8 Å². The molecule has 1 amide bonds. The van der Waals surface area contributed by atoms with Crippen molar-refractivity contribution in [2.24, 2.45) is 0 Å². The molecule has 0 atom stereocenters. The van der Waals surface area contributed by atoms with E-state index < -0.39 is 0 Å². The van der Waals surface area contributed by atoms with Crippen molar-refractivity contribution in [1.29, 1.82) is 0 Å². The molecule has 0 radical (unpaired) electrons. The Balaban J connectivity index is 1.95. The topological polar surface area (TPSA) is 56.6 Å². The van der Waals surface area contributed by atoms with Gasteiger partial charge >= 0.3 is 6.03 Å². The molecule has 0 saturated carbocycles. The maximum absolute atomic E-state index is 12.9. The van der Waals surface area contributed by atoms with Crippen LogP contribution in [0.4, 0.5) is 10.5 Å². The first kappa shape index (κ1) is 20.5. The number of hydrogen-bond donors (Lipinski definition) is 1. The minimum atomic E-state index is -0.257. The average molecular weight is 403 g/mol. The number of anilines is 1. The number of fused-ring (bicyclic) bond motifs is 1. The molecule has 1 N–H and O–H groups in total. The number of thiocarbonyl (C=S) groups is 1. The summed E-state index contributed by atoms with van der Waals surface area (Å²) in [5.74, 6) is 0.750. The van der Waals surface area contributed by atoms with Crippen LogP contribution in [0.1, 0.15) is 26.6 Å². The van der Waals surface area contributed by atoms with E-state index in [1.807, 2.05) is 18.2 Å². The summed E-state index contributed by atoms with van der Waals surface area (Å²) in [7, 11) is 5.63. The van der Waals surface area contributed by atoms with E-state index in [4.69, 9.17) is 17.2 Å². The van der Waals surface area contributed by atoms with Gasteiger partial charge in [-0.25, -0.2) is 14.3 Å². The molecule has 0 unspecified atom stereocenters. The van der Waals surface area contributed by atoms with Gasteiger partial charge in [0.1, 0.15) is 5.82 Å². The van der Waals surface area contributed by atoms with E-state index in [2.05, 4.69) is 42.9 Å². The van der Waals surface area contributed by atoms with Gasteiger partial charge in [0, 0.05) is 51.4 Å². The maximum atomic E-state index is 12.9. The van der Waals surface area contributed by atoms with Gasteiger partial charge in [-0.3, -0.25) is 0 Å². The van der Waals surface area contributed by atoms with Crippen LogP contribution in [-0.4, -0.2) is 82.7 Å². The van der Waals surface area contributed by atoms with E-state index in [0.717, 1.165) is 48.7 Å². The molecule has 2 aromatic rings. The highest BCUT2D eigenvalue weighted by Crippen LogP contribution is 2.28. The lowest BCUT2D eigenvalue weighted by molar-refractivity contribution is 0.217. The Morgan fingerprint density at radius 1 is 1.18 bits per heavy atom. The molecule has 28 heavy (non-hydrogen) atoms. The number of nitrogens with zero attached hydrogens (tertiary/aromatic N) is 5. The van der Waals surface area contributed by atoms with Crippen molar-refractivity contribution in [1.82, 2.24) is 24.3 Å². The predicted octanol–water partition coefficient (Wildman–Crippen LogP) is 2.81. The maximum Gasteiger partial charge on any atom is 0.329 e. The molecule has 3 rings (SSSR count). The highest BCUT2D eigenvalue weighted by Gasteiger charge is 2.27. The van der Waals surface area contributed by atoms with Crippen LogP contribution in [0.2, 0.25) is 0 Å². The number of aromatic nitrogens is 2. The third-order valence-corrected chi connectivity index (χ3v) is 5.30. The zero-order chi connectivity index (χ0) is 20.6. The first-order chi connectivity index (χ1) is 13.1. The SMILES string of the molecule is CN1CCN(C(=S)Nc2ccc3nc(C(C)(C)C)n(C(=O)N(C)C)c3c2)CC1. The van der Waals surface area contributed by atoms with Crippen molar-refractivity contribution in [2.45, 2.75) is 26.2 Å². The lowest BCUT2D eigenvalue weighted by Gasteiger charge is -2.34. The van der Waals surface area contributed by atoms with Crippen molar-refractivity contribution in [3.63, 3.8) is 0 Å². The molecule has 7 nitrogen and oxygen atoms in total. The van der Waals surface area contributed by atoms with Crippen LogP contribution in [0.15, 0.2) is 18.2 Å². The lowest BCUT2D eigenvalue weighted by Crippen LogP contribution is -2.48. The lowest BCUT2D eigenvalue weighted by atomic mass is 9.96. The molecule has 1 aliphatic rings. The highest BCUT2D eigenvalue weighted by atomic mass is 32.1. The smallest absolute Gasteiger partial charge is 0.329 e. The van der Waals surface area contributed by atoms with Gasteiger partial charge < -0.3 is 20.0 Å². The van der Waals surface area contributed by atoms with Gasteiger partial charge in [-0.05, 0) is 37.5 Å². The number of amides is 1. The second-order valence-electron chi connectivity index (χ2n) is 8.62. The minimum Gasteiger partial charge on any atom is -0.346 e. The molecule has 8 heteroatoms. The number of likely N-dealkylation sites (N-methyl/N-ethyl adjacent to an activating group) is 1. The summed E-state index contributed by atoms with van der Waals surface area (Å²) in [5, 5.41) is 4.05. The molecule has 1 aromatic heterocycles. The van der Waals surface area contributed by atoms with Crippen LogP contribution in [0, 0.1) is 0 Å². The van der Waals surface area contributed by atoms with Crippen molar-refractivity contribution in [3.8, 4) is 0 Å². The molecule has 1 aliphatic heterocycles. The van der Waals surface area contributed by atoms with Gasteiger partial charge in [0.25, 0.3) is 0 Å². The minimum absolute atomic E-state index is 0.105. The van der Waals surface area contributed by atoms with Gasteiger partial charge in [0.05, 0.1) is 11.0 Å². The third kappa shape index (κ3) is 4.12. The van der Waals surface area contributed by atoms with Crippen LogP contribution < -0.4 is 5.32 Å². The van der Waals surface area contributed by atoms with Crippen molar-refractivity contribution < 1.29 is 4.79 Å². The molecule has 2 heterocycles. The second kappa shape index (κ2) is 7.67. The number of imidazole rings is 1. The van der Waals surface area contributed by atoms with E-state index in [0.29, 0.717) is 5.11 Å². The first-order valence-electron chi connectivity index (χ1n) is 9.57. The highest BCUT2D eigenvalue weighted by molar-refractivity contribution is 7.80. The van der Waals surface area contributed by atoms with E-state index in [9.17, 15) is 4.79 Å². The predicted molar refractivity (Wildman–Crippen MR) is 118 cm³/mol. The quantitative estimate of drug-likeness (QED) is 0.741. The third-order valence-electron chi connectivity index (χ3n) is 4.94. The molecule has 1 aromatic carbocycles. The van der Waals surface area contributed by atoms with E-state index in [1.54, 1.807) is 23.6 Å². The molecular weight excluding hydrogens is 372 g/mol. The average Bonchev–Trinajstić information content (AvgIpc) is 3.00. The Hall–Kier alpha value is -2.19. The number of benzene rings is 1. The van der Waals surface area contributed by atoms with Crippen LogP contribution in [0.25, 0.3) is 11.0 Å². The van der Waals surface area contributed by atoms with Crippen molar-refractivity contribution >= 4 is 40.1 Å². The van der Waals surface area contributed by atoms with Crippen molar-refractivity contribution in [2.75, 3.05) is 52.6 Å². The van der Waals surface area contributed by atoms with Crippen LogP contribution in [-0.2, 0) is 5.41 Å². The molecule has 0 spiro atoms. The Morgan fingerprint density at radius 3 is 2.39 bits per heavy atom. The number of rotatable bonds is 1. The van der Waals surface area contributed by atoms with Gasteiger partial charge in [0.2, 0.25) is 0 Å². The summed E-state index contributed by atoms with van der Waals surface area (Å²) in [6, 6.07) is 5.76. The monoisotopic (exact) mass is 402 g/mol. The molecular formula is C20H30N6OS. The molecule has 0 aliphatic carbocycles. The number of hydrogen-bond acceptors (Lipinski definition) is 4. The zero-order valence-electron chi connectivity index (χ0n) is 17.6. The fourth-order valence-corrected chi connectivity index (χ4v) is 3.56. The summed E-state index contributed by atoms with van der Waals surface area (Å²) < 4.78 is 1.71. The Labute approximate surface area is 172 Å². The first-order valence-corrected chi connectivity index (χ1v) is 9.98. The van der Waals surface area contributed by atoms with Crippen molar-refractivity contribution in [3.05, 3.63) is 24.0 Å². The fourth-order valence-electron chi connectivity index (χ4n) is 3.26. The summed E-state index contributed by atoms with van der Waals surface area (Å²) in [6.07, 6.45) is 0. The molecule has 1 fully saturated rings. The van der Waals surface area contributed by atoms with Gasteiger partial charge in [0.15, 0.2) is 5.11 Å². The van der Waals surface area contributed by atoms with E-state index in [-0.39, 0.29) is 11.4 Å². The summed E-state index contributed by atoms with van der Waals surface area (Å²) in [6.45, 7) is 10.0. The zero-order valence-corrected chi connectivity index (χ0v) is 18.4.